The first-order valence-corrected chi connectivity index (χ1v) is 9.66. The Bertz CT molecular complexity index is 969. The van der Waals surface area contributed by atoms with Gasteiger partial charge in [-0.05, 0) is 17.7 Å². The van der Waals surface area contributed by atoms with E-state index < -0.39 is 24.7 Å². The van der Waals surface area contributed by atoms with Gasteiger partial charge in [-0.3, -0.25) is 4.79 Å². The number of rotatable bonds is 5. The number of alkyl halides is 1. The van der Waals surface area contributed by atoms with Crippen molar-refractivity contribution in [1.29, 1.82) is 0 Å². The van der Waals surface area contributed by atoms with Crippen molar-refractivity contribution in [3.63, 3.8) is 0 Å². The summed E-state index contributed by atoms with van der Waals surface area (Å²) in [4.78, 5) is 24.7. The predicted molar refractivity (Wildman–Crippen MR) is 101 cm³/mol. The average molecular weight is 397 g/mol. The van der Waals surface area contributed by atoms with Gasteiger partial charge in [0.25, 0.3) is 5.91 Å². The van der Waals surface area contributed by atoms with E-state index in [2.05, 4.69) is 5.32 Å². The van der Waals surface area contributed by atoms with E-state index in [0.29, 0.717) is 30.6 Å². The third kappa shape index (κ3) is 2.97. The highest BCUT2D eigenvalue weighted by molar-refractivity contribution is 6.00. The van der Waals surface area contributed by atoms with Crippen LogP contribution in [0.2, 0.25) is 0 Å². The first kappa shape index (κ1) is 18.1. The molecule has 0 bridgehead atoms. The quantitative estimate of drug-likeness (QED) is 0.810. The van der Waals surface area contributed by atoms with Gasteiger partial charge in [0.2, 0.25) is 0 Å². The van der Waals surface area contributed by atoms with Crippen LogP contribution in [0.25, 0.3) is 0 Å². The molecule has 6 nitrogen and oxygen atoms in total. The molecule has 1 saturated heterocycles. The molecule has 2 aromatic rings. The Labute approximate surface area is 166 Å². The van der Waals surface area contributed by atoms with Crippen molar-refractivity contribution in [1.82, 2.24) is 5.32 Å². The molecule has 2 aromatic carbocycles. The molecule has 1 aliphatic carbocycles. The average Bonchev–Trinajstić information content (AvgIpc) is 3.10. The van der Waals surface area contributed by atoms with E-state index in [1.165, 1.54) is 6.07 Å². The van der Waals surface area contributed by atoms with Gasteiger partial charge >= 0.3 is 5.97 Å². The Kier molecular flexibility index (Phi) is 4.28. The van der Waals surface area contributed by atoms with Gasteiger partial charge in [0, 0.05) is 29.0 Å². The van der Waals surface area contributed by atoms with E-state index >= 15 is 0 Å². The van der Waals surface area contributed by atoms with Gasteiger partial charge in [0.1, 0.15) is 24.1 Å². The molecule has 2 N–H and O–H groups in total. The maximum atomic E-state index is 13.7. The summed E-state index contributed by atoms with van der Waals surface area (Å²) in [5.74, 6) is -1.20. The normalized spacial score (nSPS) is 28.9. The highest BCUT2D eigenvalue weighted by atomic mass is 19.1. The van der Waals surface area contributed by atoms with Crippen LogP contribution < -0.4 is 10.1 Å². The zero-order valence-corrected chi connectivity index (χ0v) is 15.5. The number of aromatic carboxylic acids is 1. The molecule has 29 heavy (non-hydrogen) atoms. The number of amides is 1. The van der Waals surface area contributed by atoms with Crippen LogP contribution in [0.4, 0.5) is 4.39 Å². The van der Waals surface area contributed by atoms with Gasteiger partial charge in [-0.2, -0.15) is 0 Å². The number of hydrogen-bond donors (Lipinski definition) is 2. The molecule has 1 amide bonds. The largest absolute Gasteiger partial charge is 0.485 e. The van der Waals surface area contributed by atoms with Gasteiger partial charge in [0.05, 0.1) is 19.1 Å². The topological polar surface area (TPSA) is 84.9 Å². The fraction of sp³-hybridized carbons (Fsp3) is 0.364. The van der Waals surface area contributed by atoms with Crippen LogP contribution in [0.1, 0.15) is 37.8 Å². The summed E-state index contributed by atoms with van der Waals surface area (Å²) in [6, 6.07) is 12.3. The number of carbonyl (C=O) groups is 2. The maximum Gasteiger partial charge on any atom is 0.339 e. The summed E-state index contributed by atoms with van der Waals surface area (Å²) in [6.45, 7) is 0.519. The molecular formula is C22H20FNO5. The van der Waals surface area contributed by atoms with E-state index in [0.717, 1.165) is 5.56 Å². The summed E-state index contributed by atoms with van der Waals surface area (Å²) in [5.41, 5.74) is 1.47. The van der Waals surface area contributed by atoms with Crippen molar-refractivity contribution in [3.8, 4) is 5.75 Å². The van der Waals surface area contributed by atoms with Crippen LogP contribution in [0, 0.1) is 11.8 Å². The van der Waals surface area contributed by atoms with Crippen LogP contribution in [0.5, 0.6) is 5.75 Å². The Morgan fingerprint density at radius 2 is 1.86 bits per heavy atom. The number of hydrogen-bond acceptors (Lipinski definition) is 4. The zero-order chi connectivity index (χ0) is 20.1. The second kappa shape index (κ2) is 6.84. The van der Waals surface area contributed by atoms with Crippen LogP contribution >= 0.6 is 0 Å². The third-order valence-corrected chi connectivity index (χ3v) is 6.15. The Morgan fingerprint density at radius 3 is 2.52 bits per heavy atom. The molecule has 2 aliphatic heterocycles. The van der Waals surface area contributed by atoms with E-state index in [9.17, 15) is 19.1 Å². The Hall–Kier alpha value is -2.93. The summed E-state index contributed by atoms with van der Waals surface area (Å²) < 4.78 is 24.8. The molecule has 3 aliphatic rings. The van der Waals surface area contributed by atoms with Crippen LogP contribution in [0.3, 0.4) is 0 Å². The lowest BCUT2D eigenvalue weighted by Gasteiger charge is -2.16. The first-order chi connectivity index (χ1) is 14.1. The van der Waals surface area contributed by atoms with Crippen LogP contribution in [-0.2, 0) is 4.74 Å². The predicted octanol–water partition coefficient (Wildman–Crippen LogP) is 2.62. The maximum absolute atomic E-state index is 13.7. The molecule has 150 valence electrons. The molecule has 0 aromatic heterocycles. The van der Waals surface area contributed by atoms with Crippen molar-refractivity contribution >= 4 is 11.9 Å². The van der Waals surface area contributed by atoms with Crippen LogP contribution in [0.15, 0.2) is 42.5 Å². The van der Waals surface area contributed by atoms with E-state index in [4.69, 9.17) is 9.47 Å². The van der Waals surface area contributed by atoms with Crippen molar-refractivity contribution < 1.29 is 28.6 Å². The van der Waals surface area contributed by atoms with Gasteiger partial charge in [-0.25, -0.2) is 9.18 Å². The van der Waals surface area contributed by atoms with Crippen molar-refractivity contribution in [2.24, 2.45) is 11.8 Å². The van der Waals surface area contributed by atoms with Crippen molar-refractivity contribution in [2.45, 2.75) is 18.1 Å². The Balaban J connectivity index is 1.53. The number of carboxylic acids is 1. The minimum atomic E-state index is -1.21. The third-order valence-electron chi connectivity index (χ3n) is 6.15. The lowest BCUT2D eigenvalue weighted by atomic mass is 9.87. The van der Waals surface area contributed by atoms with Gasteiger partial charge < -0.3 is 19.9 Å². The second-order valence-electron chi connectivity index (χ2n) is 7.81. The Morgan fingerprint density at radius 1 is 1.14 bits per heavy atom. The number of carboxylic acid groups (broad SMARTS) is 1. The lowest BCUT2D eigenvalue weighted by Crippen LogP contribution is -2.30. The molecular weight excluding hydrogens is 377 g/mol. The SMILES string of the molecule is O=C(N[C@@H]1[C@@H]2COC[C@@H]21)c1cc(C(=O)O)c2c(c1)[C@H](c1ccccc1)[C@@H](CF)O2. The molecule has 7 heteroatoms. The van der Waals surface area contributed by atoms with E-state index in [1.54, 1.807) is 6.07 Å². The molecule has 5 rings (SSSR count). The minimum Gasteiger partial charge on any atom is -0.485 e. The van der Waals surface area contributed by atoms with Crippen LogP contribution in [-0.4, -0.2) is 49.0 Å². The molecule has 0 unspecified atom stereocenters. The standard InChI is InChI=1S/C22H20FNO5/c23-8-17-18(11-4-2-1-3-5-11)13-6-12(7-14(22(26)27)20(13)29-17)21(25)24-19-15-9-28-10-16(15)19/h1-7,15-19H,8-10H2,(H,24,25)(H,26,27)/t15-,16+,17-,18+,19-/m1/s1. The number of nitrogens with one attached hydrogen (secondary N) is 1. The molecule has 1 saturated carbocycles. The molecule has 0 radical (unpaired) electrons. The van der Waals surface area contributed by atoms with Gasteiger partial charge in [0.15, 0.2) is 0 Å². The van der Waals surface area contributed by atoms with E-state index in [1.807, 2.05) is 30.3 Å². The van der Waals surface area contributed by atoms with Crippen molar-refractivity contribution in [3.05, 3.63) is 64.7 Å². The molecule has 0 spiro atoms. The minimum absolute atomic E-state index is 0.0672. The van der Waals surface area contributed by atoms with Crippen molar-refractivity contribution in [2.75, 3.05) is 19.9 Å². The number of carbonyl (C=O) groups excluding carboxylic acids is 1. The number of ether oxygens (including phenoxy) is 2. The fourth-order valence-electron chi connectivity index (χ4n) is 4.59. The number of halogens is 1. The fourth-order valence-corrected chi connectivity index (χ4v) is 4.59. The van der Waals surface area contributed by atoms with Gasteiger partial charge in [-0.15, -0.1) is 0 Å². The molecule has 2 heterocycles. The summed E-state index contributed by atoms with van der Waals surface area (Å²) in [7, 11) is 0. The number of benzene rings is 2. The highest BCUT2D eigenvalue weighted by Gasteiger charge is 2.54. The summed E-state index contributed by atoms with van der Waals surface area (Å²) in [6.07, 6.45) is -0.830. The number of fused-ring (bicyclic) bond motifs is 2. The highest BCUT2D eigenvalue weighted by Crippen LogP contribution is 2.46. The molecule has 2 fully saturated rings. The lowest BCUT2D eigenvalue weighted by molar-refractivity contribution is 0.0689. The summed E-state index contributed by atoms with van der Waals surface area (Å²) >= 11 is 0. The van der Waals surface area contributed by atoms with Gasteiger partial charge in [-0.1, -0.05) is 30.3 Å². The smallest absolute Gasteiger partial charge is 0.339 e. The van der Waals surface area contributed by atoms with E-state index in [-0.39, 0.29) is 28.8 Å². The second-order valence-corrected chi connectivity index (χ2v) is 7.81. The molecule has 5 atom stereocenters. The summed E-state index contributed by atoms with van der Waals surface area (Å²) in [5, 5.41) is 12.7. The first-order valence-electron chi connectivity index (χ1n) is 9.66. The monoisotopic (exact) mass is 397 g/mol. The zero-order valence-electron chi connectivity index (χ0n) is 15.5.